The number of hydrogen-bond donors (Lipinski definition) is 2. The van der Waals surface area contributed by atoms with Crippen molar-refractivity contribution >= 4 is 6.08 Å². The fraction of sp³-hybridized carbons (Fsp3) is 0.167. The van der Waals surface area contributed by atoms with Crippen molar-refractivity contribution in [3.05, 3.63) is 53.6 Å². The smallest absolute Gasteiger partial charge is 0.0676 e. The highest BCUT2D eigenvalue weighted by Crippen LogP contribution is 2.09. The highest BCUT2D eigenvalue weighted by atomic mass is 16.3. The molecule has 0 aromatic heterocycles. The highest BCUT2D eigenvalue weighted by molar-refractivity contribution is 5.55. The molecule has 76 valence electrons. The van der Waals surface area contributed by atoms with E-state index in [0.29, 0.717) is 0 Å². The van der Waals surface area contributed by atoms with E-state index < -0.39 is 0 Å². The fourth-order valence-electron chi connectivity index (χ4n) is 1.03. The van der Waals surface area contributed by atoms with Crippen molar-refractivity contribution in [1.29, 1.82) is 0 Å². The molecule has 1 rings (SSSR count). The zero-order chi connectivity index (χ0) is 9.68. The van der Waals surface area contributed by atoms with Crippen LogP contribution in [0.15, 0.2) is 42.5 Å². The van der Waals surface area contributed by atoms with Crippen molar-refractivity contribution in [2.24, 2.45) is 0 Å². The summed E-state index contributed by atoms with van der Waals surface area (Å²) in [7, 11) is 0. The third kappa shape index (κ3) is 3.56. The maximum Gasteiger partial charge on any atom is 0.0676 e. The van der Waals surface area contributed by atoms with Gasteiger partial charge in [0.2, 0.25) is 0 Å². The molecule has 0 aliphatic carbocycles. The molecular formula is C12H17NO. The molecule has 0 fully saturated rings. The zero-order valence-corrected chi connectivity index (χ0v) is 8.53. The molecule has 14 heavy (non-hydrogen) atoms. The molecule has 0 aliphatic rings. The monoisotopic (exact) mass is 191 g/mol. The van der Waals surface area contributed by atoms with E-state index in [1.165, 1.54) is 5.56 Å². The van der Waals surface area contributed by atoms with Crippen LogP contribution in [0.1, 0.15) is 11.1 Å². The van der Waals surface area contributed by atoms with Gasteiger partial charge in [-0.15, -0.1) is 0 Å². The Kier molecular flexibility index (Phi) is 5.53. The Balaban J connectivity index is 0.00000169. The van der Waals surface area contributed by atoms with Gasteiger partial charge >= 0.3 is 0 Å². The molecule has 2 heteroatoms. The summed E-state index contributed by atoms with van der Waals surface area (Å²) in [5, 5.41) is 8.73. The van der Waals surface area contributed by atoms with E-state index in [-0.39, 0.29) is 12.8 Å². The van der Waals surface area contributed by atoms with Gasteiger partial charge in [0.1, 0.15) is 0 Å². The zero-order valence-electron chi connectivity index (χ0n) is 8.53. The minimum Gasteiger partial charge on any atom is -0.392 e. The Bertz CT molecular complexity index is 329. The predicted octanol–water partition coefficient (Wildman–Crippen LogP) is 2.72. The van der Waals surface area contributed by atoms with Crippen LogP contribution in [-0.4, -0.2) is 11.7 Å². The molecule has 0 unspecified atom stereocenters. The molecular weight excluding hydrogens is 174 g/mol. The van der Waals surface area contributed by atoms with E-state index in [0.717, 1.165) is 11.1 Å². The summed E-state index contributed by atoms with van der Waals surface area (Å²) < 4.78 is 0. The van der Waals surface area contributed by atoms with Crippen LogP contribution in [0.5, 0.6) is 0 Å². The summed E-state index contributed by atoms with van der Waals surface area (Å²) in [6.07, 6.45) is 3.80. The minimum absolute atomic E-state index is 0. The number of aliphatic hydroxyl groups excluding tert-OH is 1. The largest absolute Gasteiger partial charge is 0.392 e. The van der Waals surface area contributed by atoms with Gasteiger partial charge in [-0.05, 0) is 23.6 Å². The Hall–Kier alpha value is -1.38. The number of aliphatic hydroxyl groups is 1. The lowest BCUT2D eigenvalue weighted by Crippen LogP contribution is -1.83. The number of rotatable bonds is 3. The molecule has 1 aromatic carbocycles. The average molecular weight is 191 g/mol. The van der Waals surface area contributed by atoms with Crippen molar-refractivity contribution in [3.8, 4) is 0 Å². The molecule has 4 N–H and O–H groups in total. The first-order valence-electron chi connectivity index (χ1n) is 4.26. The van der Waals surface area contributed by atoms with Crippen molar-refractivity contribution in [1.82, 2.24) is 6.15 Å². The van der Waals surface area contributed by atoms with Gasteiger partial charge in [-0.3, -0.25) is 0 Å². The predicted molar refractivity (Wildman–Crippen MR) is 61.5 cm³/mol. The van der Waals surface area contributed by atoms with E-state index in [1.54, 1.807) is 0 Å². The normalized spacial score (nSPS) is 9.86. The Morgan fingerprint density at radius 3 is 2.64 bits per heavy atom. The number of benzene rings is 1. The van der Waals surface area contributed by atoms with Gasteiger partial charge in [0.15, 0.2) is 0 Å². The Labute approximate surface area is 85.2 Å². The molecule has 0 aliphatic heterocycles. The SMILES string of the molecule is C=C(/C=C\c1ccccc1C)CO.N. The molecule has 0 atom stereocenters. The molecule has 0 heterocycles. The maximum atomic E-state index is 8.73. The second-order valence-corrected chi connectivity index (χ2v) is 3.01. The standard InChI is InChI=1S/C12H14O.H3N/c1-10(9-13)7-8-12-6-4-3-5-11(12)2;/h3-8,13H,1,9H2,2H3;1H3/b8-7-;. The van der Waals surface area contributed by atoms with Crippen molar-refractivity contribution < 1.29 is 5.11 Å². The van der Waals surface area contributed by atoms with Crippen LogP contribution in [-0.2, 0) is 0 Å². The second-order valence-electron chi connectivity index (χ2n) is 3.01. The van der Waals surface area contributed by atoms with Crippen molar-refractivity contribution in [2.75, 3.05) is 6.61 Å². The van der Waals surface area contributed by atoms with Crippen LogP contribution in [0.2, 0.25) is 0 Å². The number of aryl methyl sites for hydroxylation is 1. The third-order valence-corrected chi connectivity index (χ3v) is 1.89. The van der Waals surface area contributed by atoms with Gasteiger partial charge in [0.25, 0.3) is 0 Å². The molecule has 1 aromatic rings. The van der Waals surface area contributed by atoms with Gasteiger partial charge in [-0.1, -0.05) is 43.0 Å². The molecule has 0 radical (unpaired) electrons. The van der Waals surface area contributed by atoms with Gasteiger partial charge < -0.3 is 11.3 Å². The first-order chi connectivity index (χ1) is 6.24. The lowest BCUT2D eigenvalue weighted by atomic mass is 10.1. The second kappa shape index (κ2) is 6.13. The lowest BCUT2D eigenvalue weighted by molar-refractivity contribution is 0.335. The van der Waals surface area contributed by atoms with E-state index >= 15 is 0 Å². The number of hydrogen-bond acceptors (Lipinski definition) is 2. The summed E-state index contributed by atoms with van der Waals surface area (Å²) in [6, 6.07) is 8.10. The topological polar surface area (TPSA) is 55.2 Å². The summed E-state index contributed by atoms with van der Waals surface area (Å²) >= 11 is 0. The van der Waals surface area contributed by atoms with E-state index in [2.05, 4.69) is 19.6 Å². The van der Waals surface area contributed by atoms with Crippen LogP contribution in [0, 0.1) is 6.92 Å². The van der Waals surface area contributed by atoms with Gasteiger partial charge in [0, 0.05) is 0 Å². The molecule has 0 bridgehead atoms. The minimum atomic E-state index is 0. The van der Waals surface area contributed by atoms with Crippen molar-refractivity contribution in [3.63, 3.8) is 0 Å². The van der Waals surface area contributed by atoms with Crippen molar-refractivity contribution in [2.45, 2.75) is 6.92 Å². The molecule has 0 spiro atoms. The summed E-state index contributed by atoms with van der Waals surface area (Å²) in [5.74, 6) is 0. The van der Waals surface area contributed by atoms with Crippen LogP contribution in [0.25, 0.3) is 6.08 Å². The molecule has 2 nitrogen and oxygen atoms in total. The maximum absolute atomic E-state index is 8.73. The first-order valence-corrected chi connectivity index (χ1v) is 4.26. The summed E-state index contributed by atoms with van der Waals surface area (Å²) in [6.45, 7) is 5.75. The summed E-state index contributed by atoms with van der Waals surface area (Å²) in [4.78, 5) is 0. The average Bonchev–Trinajstić information content (AvgIpc) is 2.16. The van der Waals surface area contributed by atoms with Crippen LogP contribution < -0.4 is 6.15 Å². The van der Waals surface area contributed by atoms with E-state index in [1.807, 2.05) is 30.4 Å². The van der Waals surface area contributed by atoms with Crippen LogP contribution in [0.3, 0.4) is 0 Å². The van der Waals surface area contributed by atoms with Gasteiger partial charge in [0.05, 0.1) is 6.61 Å². The first kappa shape index (κ1) is 12.6. The van der Waals surface area contributed by atoms with E-state index in [4.69, 9.17) is 5.11 Å². The van der Waals surface area contributed by atoms with E-state index in [9.17, 15) is 0 Å². The third-order valence-electron chi connectivity index (χ3n) is 1.89. The Morgan fingerprint density at radius 2 is 2.07 bits per heavy atom. The Morgan fingerprint density at radius 1 is 1.43 bits per heavy atom. The van der Waals surface area contributed by atoms with Crippen LogP contribution in [0.4, 0.5) is 0 Å². The van der Waals surface area contributed by atoms with Gasteiger partial charge in [-0.25, -0.2) is 0 Å². The lowest BCUT2D eigenvalue weighted by Gasteiger charge is -1.98. The van der Waals surface area contributed by atoms with Gasteiger partial charge in [-0.2, -0.15) is 0 Å². The fourth-order valence-corrected chi connectivity index (χ4v) is 1.03. The molecule has 0 amide bonds. The highest BCUT2D eigenvalue weighted by Gasteiger charge is 1.90. The quantitative estimate of drug-likeness (QED) is 0.722. The summed E-state index contributed by atoms with van der Waals surface area (Å²) in [5.41, 5.74) is 3.12. The molecule has 0 saturated heterocycles. The van der Waals surface area contributed by atoms with Crippen LogP contribution >= 0.6 is 0 Å². The molecule has 0 saturated carbocycles.